The van der Waals surface area contributed by atoms with E-state index in [0.29, 0.717) is 6.04 Å². The molecule has 0 aromatic heterocycles. The molecule has 1 aromatic carbocycles. The molecule has 1 aliphatic carbocycles. The molecule has 0 spiro atoms. The average molecular weight is 231 g/mol. The highest BCUT2D eigenvalue weighted by atomic mass is 16.5. The second-order valence-electron chi connectivity index (χ2n) is 5.34. The summed E-state index contributed by atoms with van der Waals surface area (Å²) in [4.78, 5) is 0. The largest absolute Gasteiger partial charge is 0.493 e. The Morgan fingerprint density at radius 1 is 1.29 bits per heavy atom. The fourth-order valence-electron chi connectivity index (χ4n) is 3.02. The van der Waals surface area contributed by atoms with E-state index in [1.807, 2.05) is 0 Å². The second kappa shape index (κ2) is 4.69. The molecule has 17 heavy (non-hydrogen) atoms. The third-order valence-electron chi connectivity index (χ3n) is 4.05. The summed E-state index contributed by atoms with van der Waals surface area (Å²) in [6.07, 6.45) is 6.54. The third-order valence-corrected chi connectivity index (χ3v) is 4.05. The van der Waals surface area contributed by atoms with Crippen molar-refractivity contribution >= 4 is 0 Å². The van der Waals surface area contributed by atoms with Gasteiger partial charge in [-0.3, -0.25) is 0 Å². The second-order valence-corrected chi connectivity index (χ2v) is 5.34. The van der Waals surface area contributed by atoms with Gasteiger partial charge < -0.3 is 10.1 Å². The van der Waals surface area contributed by atoms with Gasteiger partial charge in [-0.25, -0.2) is 0 Å². The van der Waals surface area contributed by atoms with Crippen molar-refractivity contribution < 1.29 is 4.74 Å². The molecular formula is C15H21NO. The number of rotatable bonds is 3. The van der Waals surface area contributed by atoms with Crippen LogP contribution in [0.2, 0.25) is 0 Å². The summed E-state index contributed by atoms with van der Waals surface area (Å²) in [5.74, 6) is 1.09. The van der Waals surface area contributed by atoms with Crippen LogP contribution in [-0.2, 0) is 6.42 Å². The molecule has 1 unspecified atom stereocenters. The van der Waals surface area contributed by atoms with Gasteiger partial charge in [0.05, 0.1) is 6.61 Å². The summed E-state index contributed by atoms with van der Waals surface area (Å²) in [5.41, 5.74) is 2.78. The first-order chi connectivity index (χ1) is 8.33. The molecule has 2 nitrogen and oxygen atoms in total. The maximum Gasteiger partial charge on any atom is 0.122 e. The zero-order chi connectivity index (χ0) is 11.7. The fourth-order valence-corrected chi connectivity index (χ4v) is 3.02. The van der Waals surface area contributed by atoms with Crippen LogP contribution in [0.1, 0.15) is 49.8 Å². The van der Waals surface area contributed by atoms with Gasteiger partial charge in [-0.05, 0) is 37.0 Å². The van der Waals surface area contributed by atoms with Gasteiger partial charge >= 0.3 is 0 Å². The predicted molar refractivity (Wildman–Crippen MR) is 69.4 cm³/mol. The lowest BCUT2D eigenvalue weighted by molar-refractivity contribution is 0.356. The zero-order valence-electron chi connectivity index (χ0n) is 10.5. The van der Waals surface area contributed by atoms with Crippen LogP contribution in [0.4, 0.5) is 0 Å². The zero-order valence-corrected chi connectivity index (χ0v) is 10.5. The van der Waals surface area contributed by atoms with Crippen molar-refractivity contribution in [3.05, 3.63) is 29.3 Å². The van der Waals surface area contributed by atoms with Crippen LogP contribution in [0.15, 0.2) is 18.2 Å². The highest BCUT2D eigenvalue weighted by molar-refractivity contribution is 5.40. The van der Waals surface area contributed by atoms with Crippen molar-refractivity contribution in [2.45, 2.75) is 51.1 Å². The Balaban J connectivity index is 1.70. The fraction of sp³-hybridized carbons (Fsp3) is 0.600. The highest BCUT2D eigenvalue weighted by Gasteiger charge is 2.19. The van der Waals surface area contributed by atoms with Gasteiger partial charge in [0.15, 0.2) is 0 Å². The molecule has 0 saturated heterocycles. The van der Waals surface area contributed by atoms with Crippen LogP contribution in [0.3, 0.4) is 0 Å². The molecule has 1 fully saturated rings. The van der Waals surface area contributed by atoms with Crippen molar-refractivity contribution in [3.8, 4) is 5.75 Å². The molecule has 0 amide bonds. The summed E-state index contributed by atoms with van der Waals surface area (Å²) >= 11 is 0. The average Bonchev–Trinajstić information content (AvgIpc) is 2.97. The van der Waals surface area contributed by atoms with E-state index in [1.54, 1.807) is 0 Å². The molecule has 0 bridgehead atoms. The van der Waals surface area contributed by atoms with E-state index >= 15 is 0 Å². The monoisotopic (exact) mass is 231 g/mol. The smallest absolute Gasteiger partial charge is 0.122 e. The van der Waals surface area contributed by atoms with Crippen molar-refractivity contribution in [3.63, 3.8) is 0 Å². The molecule has 1 aromatic rings. The van der Waals surface area contributed by atoms with Crippen LogP contribution in [0.5, 0.6) is 5.75 Å². The molecular weight excluding hydrogens is 210 g/mol. The quantitative estimate of drug-likeness (QED) is 0.862. The van der Waals surface area contributed by atoms with E-state index < -0.39 is 0 Å². The normalized spacial score (nSPS) is 21.2. The van der Waals surface area contributed by atoms with Gasteiger partial charge in [-0.1, -0.05) is 25.0 Å². The molecule has 1 heterocycles. The van der Waals surface area contributed by atoms with Gasteiger partial charge in [-0.2, -0.15) is 0 Å². The topological polar surface area (TPSA) is 21.3 Å². The minimum absolute atomic E-state index is 0.462. The molecule has 1 atom stereocenters. The molecule has 3 rings (SSSR count). The van der Waals surface area contributed by atoms with E-state index in [9.17, 15) is 0 Å². The van der Waals surface area contributed by atoms with E-state index in [1.165, 1.54) is 36.8 Å². The van der Waals surface area contributed by atoms with Crippen LogP contribution < -0.4 is 10.1 Å². The van der Waals surface area contributed by atoms with Gasteiger partial charge in [0.1, 0.15) is 5.75 Å². The molecule has 1 saturated carbocycles. The Morgan fingerprint density at radius 2 is 2.12 bits per heavy atom. The summed E-state index contributed by atoms with van der Waals surface area (Å²) in [6, 6.07) is 7.84. The number of hydrogen-bond donors (Lipinski definition) is 1. The first-order valence-corrected chi connectivity index (χ1v) is 6.84. The number of nitrogens with one attached hydrogen (secondary N) is 1. The minimum Gasteiger partial charge on any atom is -0.493 e. The highest BCUT2D eigenvalue weighted by Crippen LogP contribution is 2.29. The lowest BCUT2D eigenvalue weighted by Gasteiger charge is -2.20. The number of ether oxygens (including phenoxy) is 1. The summed E-state index contributed by atoms with van der Waals surface area (Å²) in [6.45, 7) is 3.12. The lowest BCUT2D eigenvalue weighted by atomic mass is 10.0. The van der Waals surface area contributed by atoms with Crippen molar-refractivity contribution in [1.29, 1.82) is 0 Å². The van der Waals surface area contributed by atoms with E-state index in [4.69, 9.17) is 4.74 Å². The van der Waals surface area contributed by atoms with Gasteiger partial charge in [0.25, 0.3) is 0 Å². The van der Waals surface area contributed by atoms with Crippen molar-refractivity contribution in [2.75, 3.05) is 6.61 Å². The minimum atomic E-state index is 0.462. The Hall–Kier alpha value is -1.02. The number of hydrogen-bond acceptors (Lipinski definition) is 2. The molecule has 0 radical (unpaired) electrons. The van der Waals surface area contributed by atoms with Crippen LogP contribution in [0.25, 0.3) is 0 Å². The van der Waals surface area contributed by atoms with Gasteiger partial charge in [-0.15, -0.1) is 0 Å². The summed E-state index contributed by atoms with van der Waals surface area (Å²) in [5, 5.41) is 3.75. The number of benzene rings is 1. The Morgan fingerprint density at radius 3 is 2.94 bits per heavy atom. The van der Waals surface area contributed by atoms with E-state index in [2.05, 4.69) is 30.4 Å². The standard InChI is InChI=1S/C15H21NO/c1-11(16-14-4-2-3-5-14)12-6-7-15-13(10-12)8-9-17-15/h6-7,10-11,14,16H,2-5,8-9H2,1H3. The molecule has 1 aliphatic heterocycles. The maximum atomic E-state index is 5.55. The Bertz CT molecular complexity index is 396. The number of fused-ring (bicyclic) bond motifs is 1. The SMILES string of the molecule is CC(NC1CCCC1)c1ccc2c(c1)CCO2. The Labute approximate surface area is 103 Å². The van der Waals surface area contributed by atoms with Crippen LogP contribution in [-0.4, -0.2) is 12.6 Å². The van der Waals surface area contributed by atoms with E-state index in [0.717, 1.165) is 24.8 Å². The maximum absolute atomic E-state index is 5.55. The predicted octanol–water partition coefficient (Wildman–Crippen LogP) is 3.21. The van der Waals surface area contributed by atoms with Crippen LogP contribution >= 0.6 is 0 Å². The van der Waals surface area contributed by atoms with Crippen molar-refractivity contribution in [2.24, 2.45) is 0 Å². The van der Waals surface area contributed by atoms with E-state index in [-0.39, 0.29) is 0 Å². The Kier molecular flexibility index (Phi) is 3.06. The molecule has 2 heteroatoms. The first-order valence-electron chi connectivity index (χ1n) is 6.84. The molecule has 92 valence electrons. The molecule has 2 aliphatic rings. The first kappa shape index (κ1) is 11.1. The summed E-state index contributed by atoms with van der Waals surface area (Å²) in [7, 11) is 0. The molecule has 1 N–H and O–H groups in total. The lowest BCUT2D eigenvalue weighted by Crippen LogP contribution is -2.28. The van der Waals surface area contributed by atoms with Gasteiger partial charge in [0.2, 0.25) is 0 Å². The van der Waals surface area contributed by atoms with Gasteiger partial charge in [0, 0.05) is 18.5 Å². The third kappa shape index (κ3) is 2.32. The summed E-state index contributed by atoms with van der Waals surface area (Å²) < 4.78 is 5.55. The van der Waals surface area contributed by atoms with Crippen molar-refractivity contribution in [1.82, 2.24) is 5.32 Å². The van der Waals surface area contributed by atoms with Crippen LogP contribution in [0, 0.1) is 0 Å².